The Morgan fingerprint density at radius 3 is 2.27 bits per heavy atom. The third kappa shape index (κ3) is 5.02. The number of ether oxygens (including phenoxy) is 1. The third-order valence-corrected chi connectivity index (χ3v) is 5.77. The first-order valence-electron chi connectivity index (χ1n) is 11.0. The molecular weight excluding hydrogens is 376 g/mol. The number of aryl methyl sites for hydroxylation is 3. The largest absolute Gasteiger partial charge is 0.445 e. The van der Waals surface area contributed by atoms with Gasteiger partial charge in [-0.3, -0.25) is 9.69 Å². The molecule has 1 aliphatic heterocycles. The van der Waals surface area contributed by atoms with Crippen molar-refractivity contribution in [3.8, 4) is 0 Å². The molecule has 1 atom stereocenters. The van der Waals surface area contributed by atoms with Crippen molar-refractivity contribution in [3.05, 3.63) is 64.7 Å². The standard InChI is InChI=1S/C25H32N2O3/c1-4-18-15-20(5-2)23(21(6-3)16-18)26-24(28)22-13-10-14-27(22)25(29)30-17-19-11-8-7-9-12-19/h7-9,11-12,15-16,22H,4-6,10,13-14,17H2,1-3H3,(H,26,28)/t22-/m0/s1. The van der Waals surface area contributed by atoms with Crippen molar-refractivity contribution in [1.29, 1.82) is 0 Å². The molecule has 2 aromatic rings. The third-order valence-electron chi connectivity index (χ3n) is 5.77. The zero-order chi connectivity index (χ0) is 21.5. The number of carbonyl (C=O) groups excluding carboxylic acids is 2. The molecule has 1 heterocycles. The van der Waals surface area contributed by atoms with Gasteiger partial charge >= 0.3 is 6.09 Å². The van der Waals surface area contributed by atoms with Crippen molar-refractivity contribution < 1.29 is 14.3 Å². The van der Waals surface area contributed by atoms with Crippen molar-refractivity contribution in [2.24, 2.45) is 0 Å². The first-order valence-corrected chi connectivity index (χ1v) is 11.0. The van der Waals surface area contributed by atoms with Gasteiger partial charge in [-0.2, -0.15) is 0 Å². The minimum atomic E-state index is -0.492. The van der Waals surface area contributed by atoms with Crippen LogP contribution in [0.2, 0.25) is 0 Å². The SMILES string of the molecule is CCc1cc(CC)c(NC(=O)[C@@H]2CCCN2C(=O)OCc2ccccc2)c(CC)c1. The summed E-state index contributed by atoms with van der Waals surface area (Å²) < 4.78 is 5.47. The molecule has 3 rings (SSSR count). The molecule has 0 bridgehead atoms. The lowest BCUT2D eigenvalue weighted by atomic mass is 9.97. The summed E-state index contributed by atoms with van der Waals surface area (Å²) in [6, 6.07) is 13.4. The lowest BCUT2D eigenvalue weighted by Gasteiger charge is -2.25. The average Bonchev–Trinajstić information content (AvgIpc) is 3.28. The van der Waals surface area contributed by atoms with Gasteiger partial charge in [-0.15, -0.1) is 0 Å². The van der Waals surface area contributed by atoms with Gasteiger partial charge in [-0.05, 0) is 54.4 Å². The molecule has 0 saturated carbocycles. The topological polar surface area (TPSA) is 58.6 Å². The molecule has 160 valence electrons. The first-order chi connectivity index (χ1) is 14.6. The van der Waals surface area contributed by atoms with Gasteiger partial charge in [0.2, 0.25) is 5.91 Å². The molecule has 1 aliphatic rings. The number of amides is 2. The Hall–Kier alpha value is -2.82. The number of hydrogen-bond donors (Lipinski definition) is 1. The molecule has 2 amide bonds. The maximum atomic E-state index is 13.1. The minimum absolute atomic E-state index is 0.127. The number of carbonyl (C=O) groups is 2. The van der Waals surface area contributed by atoms with Crippen LogP contribution in [0.15, 0.2) is 42.5 Å². The van der Waals surface area contributed by atoms with E-state index in [0.29, 0.717) is 13.0 Å². The second-order valence-electron chi connectivity index (χ2n) is 7.73. The van der Waals surface area contributed by atoms with Gasteiger partial charge in [0.25, 0.3) is 0 Å². The van der Waals surface area contributed by atoms with Crippen LogP contribution in [0, 0.1) is 0 Å². The van der Waals surface area contributed by atoms with E-state index in [4.69, 9.17) is 4.74 Å². The van der Waals surface area contributed by atoms with Crippen molar-refractivity contribution in [2.45, 2.75) is 65.5 Å². The predicted octanol–water partition coefficient (Wildman–Crippen LogP) is 5.11. The molecule has 0 unspecified atom stereocenters. The molecule has 0 aromatic heterocycles. The minimum Gasteiger partial charge on any atom is -0.445 e. The second-order valence-corrected chi connectivity index (χ2v) is 7.73. The summed E-state index contributed by atoms with van der Waals surface area (Å²) in [7, 11) is 0. The molecule has 1 fully saturated rings. The molecule has 1 N–H and O–H groups in total. The van der Waals surface area contributed by atoms with Gasteiger partial charge in [0.15, 0.2) is 0 Å². The van der Waals surface area contributed by atoms with Crippen molar-refractivity contribution >= 4 is 17.7 Å². The van der Waals surface area contributed by atoms with Gasteiger partial charge in [0.05, 0.1) is 0 Å². The molecule has 30 heavy (non-hydrogen) atoms. The molecular formula is C25H32N2O3. The molecule has 0 spiro atoms. The van der Waals surface area contributed by atoms with Crippen LogP contribution in [0.5, 0.6) is 0 Å². The molecule has 5 nitrogen and oxygen atoms in total. The van der Waals surface area contributed by atoms with Crippen LogP contribution >= 0.6 is 0 Å². The first kappa shape index (κ1) is 21.9. The molecule has 5 heteroatoms. The lowest BCUT2D eigenvalue weighted by Crippen LogP contribution is -2.43. The fourth-order valence-corrected chi connectivity index (χ4v) is 4.03. The fourth-order valence-electron chi connectivity index (χ4n) is 4.03. The van der Waals surface area contributed by atoms with Crippen LogP contribution in [0.1, 0.15) is 55.9 Å². The summed E-state index contributed by atoms with van der Waals surface area (Å²) in [5.41, 5.74) is 5.43. The van der Waals surface area contributed by atoms with Gasteiger partial charge < -0.3 is 10.1 Å². The number of benzene rings is 2. The van der Waals surface area contributed by atoms with Crippen LogP contribution in [-0.2, 0) is 35.4 Å². The normalized spacial score (nSPS) is 15.8. The van der Waals surface area contributed by atoms with Crippen molar-refractivity contribution in [1.82, 2.24) is 4.90 Å². The highest BCUT2D eigenvalue weighted by atomic mass is 16.6. The number of nitrogens with zero attached hydrogens (tertiary/aromatic N) is 1. The summed E-state index contributed by atoms with van der Waals surface area (Å²) in [6.45, 7) is 7.11. The van der Waals surface area contributed by atoms with Crippen molar-refractivity contribution in [3.63, 3.8) is 0 Å². The van der Waals surface area contributed by atoms with Crippen LogP contribution in [0.3, 0.4) is 0 Å². The highest BCUT2D eigenvalue weighted by Crippen LogP contribution is 2.27. The molecule has 1 saturated heterocycles. The van der Waals surface area contributed by atoms with E-state index < -0.39 is 12.1 Å². The van der Waals surface area contributed by atoms with Gasteiger partial charge in [0, 0.05) is 12.2 Å². The monoisotopic (exact) mass is 408 g/mol. The maximum absolute atomic E-state index is 13.1. The number of nitrogens with one attached hydrogen (secondary N) is 1. The Morgan fingerprint density at radius 1 is 1.00 bits per heavy atom. The molecule has 0 aliphatic carbocycles. The number of rotatable bonds is 7. The second kappa shape index (κ2) is 10.3. The summed E-state index contributed by atoms with van der Waals surface area (Å²) in [5, 5.41) is 3.14. The molecule has 2 aromatic carbocycles. The van der Waals surface area contributed by atoms with E-state index in [0.717, 1.165) is 48.1 Å². The van der Waals surface area contributed by atoms with E-state index in [9.17, 15) is 9.59 Å². The van der Waals surface area contributed by atoms with E-state index >= 15 is 0 Å². The smallest absolute Gasteiger partial charge is 0.410 e. The highest BCUT2D eigenvalue weighted by molar-refractivity contribution is 5.98. The molecule has 0 radical (unpaired) electrons. The van der Waals surface area contributed by atoms with E-state index in [1.165, 1.54) is 5.56 Å². The Labute approximate surface area is 179 Å². The van der Waals surface area contributed by atoms with Gasteiger partial charge in [-0.25, -0.2) is 4.79 Å². The number of hydrogen-bond acceptors (Lipinski definition) is 3. The van der Waals surface area contributed by atoms with Gasteiger partial charge in [-0.1, -0.05) is 63.2 Å². The Balaban J connectivity index is 1.71. The van der Waals surface area contributed by atoms with Crippen LogP contribution in [-0.4, -0.2) is 29.5 Å². The van der Waals surface area contributed by atoms with Crippen molar-refractivity contribution in [2.75, 3.05) is 11.9 Å². The Morgan fingerprint density at radius 2 is 1.67 bits per heavy atom. The quantitative estimate of drug-likeness (QED) is 0.692. The number of anilines is 1. The fraction of sp³-hybridized carbons (Fsp3) is 0.440. The van der Waals surface area contributed by atoms with Crippen LogP contribution in [0.4, 0.5) is 10.5 Å². The Bertz CT molecular complexity index is 854. The summed E-state index contributed by atoms with van der Waals surface area (Å²) >= 11 is 0. The Kier molecular flexibility index (Phi) is 7.50. The zero-order valence-corrected chi connectivity index (χ0v) is 18.2. The van der Waals surface area contributed by atoms with E-state index in [1.54, 1.807) is 4.90 Å². The lowest BCUT2D eigenvalue weighted by molar-refractivity contribution is -0.120. The van der Waals surface area contributed by atoms with E-state index in [2.05, 4.69) is 38.2 Å². The zero-order valence-electron chi connectivity index (χ0n) is 18.2. The van der Waals surface area contributed by atoms with Crippen LogP contribution in [0.25, 0.3) is 0 Å². The average molecular weight is 409 g/mol. The van der Waals surface area contributed by atoms with Crippen LogP contribution < -0.4 is 5.32 Å². The van der Waals surface area contributed by atoms with E-state index in [-0.39, 0.29) is 12.5 Å². The van der Waals surface area contributed by atoms with Gasteiger partial charge in [0.1, 0.15) is 12.6 Å². The summed E-state index contributed by atoms with van der Waals surface area (Å²) in [5.74, 6) is -0.127. The van der Waals surface area contributed by atoms with E-state index in [1.807, 2.05) is 30.3 Å². The summed E-state index contributed by atoms with van der Waals surface area (Å²) in [6.07, 6.45) is 3.70. The maximum Gasteiger partial charge on any atom is 0.410 e. The predicted molar refractivity (Wildman–Crippen MR) is 120 cm³/mol. The summed E-state index contributed by atoms with van der Waals surface area (Å²) in [4.78, 5) is 27.3. The number of likely N-dealkylation sites (tertiary alicyclic amines) is 1. The highest BCUT2D eigenvalue weighted by Gasteiger charge is 2.35.